The van der Waals surface area contributed by atoms with E-state index in [1.807, 2.05) is 32.1 Å². The summed E-state index contributed by atoms with van der Waals surface area (Å²) < 4.78 is 0. The zero-order valence-electron chi connectivity index (χ0n) is 10.2. The first-order valence-electron chi connectivity index (χ1n) is 5.35. The highest BCUT2D eigenvalue weighted by molar-refractivity contribution is 5.90. The lowest BCUT2D eigenvalue weighted by Crippen LogP contribution is -2.10. The van der Waals surface area contributed by atoms with E-state index in [1.54, 1.807) is 6.07 Å². The molecule has 0 saturated heterocycles. The summed E-state index contributed by atoms with van der Waals surface area (Å²) in [5.41, 5.74) is 8.36. The number of nitrogens with one attached hydrogen (secondary N) is 1. The van der Waals surface area contributed by atoms with Gasteiger partial charge in [-0.2, -0.15) is 5.10 Å². The summed E-state index contributed by atoms with van der Waals surface area (Å²) in [6.45, 7) is 7.70. The van der Waals surface area contributed by atoms with Crippen molar-refractivity contribution in [1.29, 1.82) is 0 Å². The van der Waals surface area contributed by atoms with E-state index in [2.05, 4.69) is 16.8 Å². The van der Waals surface area contributed by atoms with Gasteiger partial charge in [0.05, 0.1) is 0 Å². The van der Waals surface area contributed by atoms with Gasteiger partial charge in [-0.25, -0.2) is 0 Å². The van der Waals surface area contributed by atoms with Gasteiger partial charge in [-0.05, 0) is 25.5 Å². The van der Waals surface area contributed by atoms with Crippen molar-refractivity contribution in [2.75, 3.05) is 0 Å². The lowest BCUT2D eigenvalue weighted by atomic mass is 10.1. The van der Waals surface area contributed by atoms with E-state index < -0.39 is 5.91 Å². The van der Waals surface area contributed by atoms with Crippen molar-refractivity contribution >= 4 is 5.91 Å². The zero-order chi connectivity index (χ0) is 12.8. The third-order valence-corrected chi connectivity index (χ3v) is 2.23. The molecule has 1 aromatic rings. The Labute approximate surface area is 101 Å². The monoisotopic (exact) mass is 231 g/mol. The van der Waals surface area contributed by atoms with Crippen LogP contribution in [-0.2, 0) is 6.42 Å². The van der Waals surface area contributed by atoms with Crippen molar-refractivity contribution in [2.45, 2.75) is 20.3 Å². The van der Waals surface area contributed by atoms with Gasteiger partial charge < -0.3 is 5.73 Å². The van der Waals surface area contributed by atoms with Gasteiger partial charge in [0, 0.05) is 12.1 Å². The summed E-state index contributed by atoms with van der Waals surface area (Å²) in [4.78, 5) is 10.9. The van der Waals surface area contributed by atoms with Gasteiger partial charge in [-0.1, -0.05) is 30.4 Å². The second-order valence-electron chi connectivity index (χ2n) is 3.86. The van der Waals surface area contributed by atoms with Crippen LogP contribution in [0.4, 0.5) is 0 Å². The number of hydrogen-bond donors (Lipinski definition) is 2. The van der Waals surface area contributed by atoms with Gasteiger partial charge >= 0.3 is 0 Å². The molecule has 90 valence electrons. The van der Waals surface area contributed by atoms with Crippen LogP contribution in [0, 0.1) is 0 Å². The maximum absolute atomic E-state index is 10.9. The molecule has 0 fully saturated rings. The highest BCUT2D eigenvalue weighted by atomic mass is 16.1. The van der Waals surface area contributed by atoms with Crippen LogP contribution in [0.2, 0.25) is 0 Å². The third kappa shape index (κ3) is 4.10. The van der Waals surface area contributed by atoms with Gasteiger partial charge in [-0.15, -0.1) is 0 Å². The average molecular weight is 231 g/mol. The smallest absolute Gasteiger partial charge is 0.269 e. The second kappa shape index (κ2) is 5.84. The number of H-pyrrole nitrogens is 1. The maximum Gasteiger partial charge on any atom is 0.269 e. The summed E-state index contributed by atoms with van der Waals surface area (Å²) in [5, 5.41) is 6.62. The van der Waals surface area contributed by atoms with E-state index in [4.69, 9.17) is 5.73 Å². The number of nitrogens with zero attached hydrogens (tertiary/aromatic N) is 1. The molecule has 1 aromatic heterocycles. The molecule has 17 heavy (non-hydrogen) atoms. The van der Waals surface area contributed by atoms with E-state index in [9.17, 15) is 4.79 Å². The van der Waals surface area contributed by atoms with Crippen LogP contribution in [0.15, 0.2) is 42.0 Å². The Morgan fingerprint density at radius 1 is 1.59 bits per heavy atom. The Kier molecular flexibility index (Phi) is 4.46. The molecule has 0 aliphatic carbocycles. The molecule has 3 N–H and O–H groups in total. The van der Waals surface area contributed by atoms with Crippen LogP contribution >= 0.6 is 0 Å². The van der Waals surface area contributed by atoms with E-state index in [0.717, 1.165) is 16.8 Å². The van der Waals surface area contributed by atoms with Gasteiger partial charge in [0.25, 0.3) is 5.91 Å². The lowest BCUT2D eigenvalue weighted by Gasteiger charge is -1.98. The Morgan fingerprint density at radius 3 is 2.76 bits per heavy atom. The number of carbonyl (C=O) groups excluding carboxylic acids is 1. The molecule has 0 spiro atoms. The predicted octanol–water partition coefficient (Wildman–Crippen LogP) is 2.13. The average Bonchev–Trinajstić information content (AvgIpc) is 2.72. The normalized spacial score (nSPS) is 12.0. The number of nitrogens with two attached hydrogens (primary N) is 1. The molecule has 0 bridgehead atoms. The number of primary amides is 1. The molecule has 1 amide bonds. The SMILES string of the molecule is C=C(C)/C=C\C(=C/C)Cc1cc(C(N)=O)n[nH]1. The molecule has 0 aromatic carbocycles. The molecule has 1 heterocycles. The number of aromatic amines is 1. The van der Waals surface area contributed by atoms with E-state index in [-0.39, 0.29) is 5.69 Å². The number of allylic oxidation sites excluding steroid dienone is 5. The Morgan fingerprint density at radius 2 is 2.29 bits per heavy atom. The molecule has 0 aliphatic heterocycles. The van der Waals surface area contributed by atoms with E-state index >= 15 is 0 Å². The standard InChI is InChI=1S/C13H17N3O/c1-4-10(6-5-9(2)3)7-11-8-12(13(14)17)16-15-11/h4-6,8H,2,7H2,1,3H3,(H2,14,17)(H,15,16)/b6-5-,10-4+. The topological polar surface area (TPSA) is 71.8 Å². The minimum atomic E-state index is -0.521. The minimum Gasteiger partial charge on any atom is -0.364 e. The van der Waals surface area contributed by atoms with E-state index in [1.165, 1.54) is 0 Å². The molecular weight excluding hydrogens is 214 g/mol. The van der Waals surface area contributed by atoms with Crippen molar-refractivity contribution in [3.8, 4) is 0 Å². The summed E-state index contributed by atoms with van der Waals surface area (Å²) in [5.74, 6) is -0.521. The summed E-state index contributed by atoms with van der Waals surface area (Å²) in [6.07, 6.45) is 6.62. The zero-order valence-corrected chi connectivity index (χ0v) is 10.2. The fourth-order valence-electron chi connectivity index (χ4n) is 1.30. The van der Waals surface area contributed by atoms with Crippen LogP contribution in [0.25, 0.3) is 0 Å². The fraction of sp³-hybridized carbons (Fsp3) is 0.231. The first-order chi connectivity index (χ1) is 8.02. The van der Waals surface area contributed by atoms with Crippen molar-refractivity contribution in [3.63, 3.8) is 0 Å². The molecular formula is C13H17N3O. The molecule has 0 atom stereocenters. The molecule has 0 radical (unpaired) electrons. The Bertz CT molecular complexity index is 481. The highest BCUT2D eigenvalue weighted by Crippen LogP contribution is 2.09. The third-order valence-electron chi connectivity index (χ3n) is 2.23. The molecule has 1 rings (SSSR count). The summed E-state index contributed by atoms with van der Waals surface area (Å²) >= 11 is 0. The van der Waals surface area contributed by atoms with Crippen LogP contribution in [0.1, 0.15) is 30.0 Å². The van der Waals surface area contributed by atoms with Crippen molar-refractivity contribution < 1.29 is 4.79 Å². The largest absolute Gasteiger partial charge is 0.364 e. The Hall–Kier alpha value is -2.10. The Balaban J connectivity index is 2.74. The fourth-order valence-corrected chi connectivity index (χ4v) is 1.30. The minimum absolute atomic E-state index is 0.263. The first kappa shape index (κ1) is 13.0. The van der Waals surface area contributed by atoms with Gasteiger partial charge in [0.2, 0.25) is 0 Å². The maximum atomic E-state index is 10.9. The molecule has 0 aliphatic rings. The van der Waals surface area contributed by atoms with E-state index in [0.29, 0.717) is 6.42 Å². The number of carbonyl (C=O) groups is 1. The van der Waals surface area contributed by atoms with Crippen LogP contribution in [0.5, 0.6) is 0 Å². The molecule has 4 nitrogen and oxygen atoms in total. The molecule has 4 heteroatoms. The van der Waals surface area contributed by atoms with Crippen LogP contribution < -0.4 is 5.73 Å². The van der Waals surface area contributed by atoms with Crippen molar-refractivity contribution in [2.24, 2.45) is 5.73 Å². The van der Waals surface area contributed by atoms with Gasteiger partial charge in [-0.3, -0.25) is 9.89 Å². The highest BCUT2D eigenvalue weighted by Gasteiger charge is 2.06. The second-order valence-corrected chi connectivity index (χ2v) is 3.86. The summed E-state index contributed by atoms with van der Waals surface area (Å²) in [6, 6.07) is 1.67. The number of hydrogen-bond acceptors (Lipinski definition) is 2. The van der Waals surface area contributed by atoms with Gasteiger partial charge in [0.15, 0.2) is 0 Å². The quantitative estimate of drug-likeness (QED) is 0.762. The van der Waals surface area contributed by atoms with Gasteiger partial charge in [0.1, 0.15) is 5.69 Å². The number of amides is 1. The lowest BCUT2D eigenvalue weighted by molar-refractivity contribution is 0.0995. The number of rotatable bonds is 5. The van der Waals surface area contributed by atoms with Crippen molar-refractivity contribution in [1.82, 2.24) is 10.2 Å². The van der Waals surface area contributed by atoms with Crippen LogP contribution in [-0.4, -0.2) is 16.1 Å². The van der Waals surface area contributed by atoms with Crippen LogP contribution in [0.3, 0.4) is 0 Å². The molecule has 0 unspecified atom stereocenters. The first-order valence-corrected chi connectivity index (χ1v) is 5.35. The predicted molar refractivity (Wildman–Crippen MR) is 68.5 cm³/mol. The van der Waals surface area contributed by atoms with Crippen molar-refractivity contribution in [3.05, 3.63) is 53.4 Å². The number of aromatic nitrogens is 2. The molecule has 0 saturated carbocycles. The summed E-state index contributed by atoms with van der Waals surface area (Å²) in [7, 11) is 0.